The van der Waals surface area contributed by atoms with Crippen LogP contribution in [0.15, 0.2) is 47.6 Å². The van der Waals surface area contributed by atoms with Crippen molar-refractivity contribution < 1.29 is 22.3 Å². The van der Waals surface area contributed by atoms with Crippen LogP contribution in [-0.2, 0) is 14.8 Å². The molecule has 3 aromatic heterocycles. The van der Waals surface area contributed by atoms with E-state index < -0.39 is 15.8 Å². The molecule has 0 spiro atoms. The summed E-state index contributed by atoms with van der Waals surface area (Å²) in [5.74, 6) is -0.0247. The van der Waals surface area contributed by atoms with E-state index in [2.05, 4.69) is 35.3 Å². The molecule has 0 bridgehead atoms. The molecule has 0 saturated heterocycles. The molecule has 1 aromatic carbocycles. The summed E-state index contributed by atoms with van der Waals surface area (Å²) in [7, 11) is 0.313. The van der Waals surface area contributed by atoms with Gasteiger partial charge in [-0.3, -0.25) is 4.72 Å². The number of ether oxygens (including phenoxy) is 2. The maximum absolute atomic E-state index is 14.8. The zero-order chi connectivity index (χ0) is 26.6. The summed E-state index contributed by atoms with van der Waals surface area (Å²) in [6, 6.07) is 6.75. The number of hydrogen-bond acceptors (Lipinski definition) is 10. The van der Waals surface area contributed by atoms with Crippen LogP contribution in [0.4, 0.5) is 21.8 Å². The minimum atomic E-state index is -4.23. The molecule has 3 N–H and O–H groups in total. The molecule has 194 valence electrons. The first-order valence-electron chi connectivity index (χ1n) is 10.9. The number of aromatic nitrogens is 4. The van der Waals surface area contributed by atoms with Gasteiger partial charge in [-0.1, -0.05) is 11.6 Å². The highest BCUT2D eigenvalue weighted by Crippen LogP contribution is 2.33. The van der Waals surface area contributed by atoms with Crippen molar-refractivity contribution in [2.24, 2.45) is 0 Å². The predicted molar refractivity (Wildman–Crippen MR) is 139 cm³/mol. The van der Waals surface area contributed by atoms with E-state index in [1.807, 2.05) is 0 Å². The topological polar surface area (TPSA) is 140 Å². The maximum atomic E-state index is 14.8. The summed E-state index contributed by atoms with van der Waals surface area (Å²) in [5.41, 5.74) is 1.26. The van der Waals surface area contributed by atoms with E-state index in [1.54, 1.807) is 26.4 Å². The minimum Gasteiger partial charge on any atom is -0.480 e. The van der Waals surface area contributed by atoms with E-state index in [9.17, 15) is 12.8 Å². The number of hydrogen-bond donors (Lipinski definition) is 3. The Morgan fingerprint density at radius 1 is 1.05 bits per heavy atom. The van der Waals surface area contributed by atoms with Gasteiger partial charge in [0.05, 0.1) is 24.4 Å². The van der Waals surface area contributed by atoms with Gasteiger partial charge < -0.3 is 20.1 Å². The van der Waals surface area contributed by atoms with Crippen LogP contribution >= 0.6 is 11.6 Å². The molecule has 0 amide bonds. The lowest BCUT2D eigenvalue weighted by Gasteiger charge is -2.15. The van der Waals surface area contributed by atoms with E-state index in [4.69, 9.17) is 21.1 Å². The Balaban J connectivity index is 1.79. The first-order valence-corrected chi connectivity index (χ1v) is 12.7. The van der Waals surface area contributed by atoms with Gasteiger partial charge in [0.1, 0.15) is 11.6 Å². The Hall–Kier alpha value is -3.81. The Morgan fingerprint density at radius 3 is 2.59 bits per heavy atom. The lowest BCUT2D eigenvalue weighted by Crippen LogP contribution is -2.15. The zero-order valence-electron chi connectivity index (χ0n) is 20.0. The van der Waals surface area contributed by atoms with Gasteiger partial charge in [-0.05, 0) is 35.9 Å². The number of nitrogens with zero attached hydrogens (tertiary/aromatic N) is 4. The maximum Gasteiger partial charge on any atom is 0.267 e. The average Bonchev–Trinajstić information content (AvgIpc) is 2.87. The molecule has 0 aliphatic carbocycles. The number of nitrogens with one attached hydrogen (secondary N) is 3. The van der Waals surface area contributed by atoms with Crippen molar-refractivity contribution in [3.63, 3.8) is 0 Å². The Kier molecular flexibility index (Phi) is 7.86. The molecule has 37 heavy (non-hydrogen) atoms. The van der Waals surface area contributed by atoms with Crippen LogP contribution in [0, 0.1) is 5.82 Å². The van der Waals surface area contributed by atoms with Crippen molar-refractivity contribution in [1.29, 1.82) is 0 Å². The molecule has 0 aliphatic heterocycles. The lowest BCUT2D eigenvalue weighted by molar-refractivity contribution is 0.210. The summed E-state index contributed by atoms with van der Waals surface area (Å²) in [6.07, 6.45) is 2.85. The molecule has 0 aliphatic rings. The van der Waals surface area contributed by atoms with Crippen LogP contribution in [0.3, 0.4) is 0 Å². The van der Waals surface area contributed by atoms with Gasteiger partial charge in [-0.25, -0.2) is 27.8 Å². The molecule has 3 heterocycles. The van der Waals surface area contributed by atoms with Gasteiger partial charge in [-0.15, -0.1) is 0 Å². The van der Waals surface area contributed by atoms with Crippen molar-refractivity contribution in [1.82, 2.24) is 19.9 Å². The third kappa shape index (κ3) is 5.96. The second-order valence-corrected chi connectivity index (χ2v) is 9.74. The second-order valence-electron chi connectivity index (χ2n) is 7.66. The smallest absolute Gasteiger partial charge is 0.267 e. The van der Waals surface area contributed by atoms with Crippen molar-refractivity contribution in [3.8, 4) is 17.0 Å². The standard InChI is InChI=1S/C23H23ClFN7O4S/c1-26-23-29-11-14-8-18(21(27-4-5-35-2)30-20(14)31-23)13-6-16(25)10-17(7-13)32-37(33,34)19-9-15(24)12-28-22(19)36-3/h6-12,32H,4-5H2,1-3H3,(H2,26,27,29,30,31). The zero-order valence-corrected chi connectivity index (χ0v) is 21.6. The quantitative estimate of drug-likeness (QED) is 0.251. The number of sulfonamides is 1. The Labute approximate surface area is 217 Å². The number of anilines is 3. The fourth-order valence-corrected chi connectivity index (χ4v) is 4.89. The summed E-state index contributed by atoms with van der Waals surface area (Å²) < 4.78 is 53.5. The summed E-state index contributed by atoms with van der Waals surface area (Å²) >= 11 is 5.94. The fourth-order valence-electron chi connectivity index (χ4n) is 3.48. The Bertz CT molecular complexity index is 1560. The highest BCUT2D eigenvalue weighted by molar-refractivity contribution is 7.92. The van der Waals surface area contributed by atoms with Gasteiger partial charge in [0, 0.05) is 44.0 Å². The first kappa shape index (κ1) is 26.3. The molecule has 0 radical (unpaired) electrons. The van der Waals surface area contributed by atoms with Gasteiger partial charge >= 0.3 is 0 Å². The fraction of sp³-hybridized carbons (Fsp3) is 0.217. The normalized spacial score (nSPS) is 11.4. The number of benzene rings is 1. The van der Waals surface area contributed by atoms with E-state index in [-0.39, 0.29) is 21.5 Å². The van der Waals surface area contributed by atoms with Gasteiger partial charge in [-0.2, -0.15) is 4.98 Å². The van der Waals surface area contributed by atoms with Crippen molar-refractivity contribution in [3.05, 3.63) is 53.6 Å². The van der Waals surface area contributed by atoms with Crippen molar-refractivity contribution >= 4 is 50.1 Å². The molecular formula is C23H23ClFN7O4S. The van der Waals surface area contributed by atoms with Gasteiger partial charge in [0.25, 0.3) is 10.0 Å². The third-order valence-electron chi connectivity index (χ3n) is 5.12. The van der Waals surface area contributed by atoms with Crippen LogP contribution in [-0.4, -0.2) is 62.8 Å². The number of halogens is 2. The number of pyridine rings is 2. The summed E-state index contributed by atoms with van der Waals surface area (Å²) in [6.45, 7) is 0.816. The third-order valence-corrected chi connectivity index (χ3v) is 6.70. The second kappa shape index (κ2) is 11.1. The molecular weight excluding hydrogens is 525 g/mol. The molecule has 4 rings (SSSR count). The monoisotopic (exact) mass is 547 g/mol. The van der Waals surface area contributed by atoms with E-state index in [1.165, 1.54) is 31.5 Å². The number of rotatable bonds is 10. The van der Waals surface area contributed by atoms with Crippen LogP contribution in [0.5, 0.6) is 5.88 Å². The lowest BCUT2D eigenvalue weighted by atomic mass is 10.0. The minimum absolute atomic E-state index is 0.0262. The summed E-state index contributed by atoms with van der Waals surface area (Å²) in [4.78, 5) is 16.7. The molecule has 4 aromatic rings. The average molecular weight is 548 g/mol. The molecule has 11 nitrogen and oxygen atoms in total. The van der Waals surface area contributed by atoms with Crippen molar-refractivity contribution in [2.75, 3.05) is 49.8 Å². The molecule has 0 atom stereocenters. The van der Waals surface area contributed by atoms with Crippen molar-refractivity contribution in [2.45, 2.75) is 4.90 Å². The largest absolute Gasteiger partial charge is 0.480 e. The van der Waals surface area contributed by atoms with E-state index >= 15 is 0 Å². The predicted octanol–water partition coefficient (Wildman–Crippen LogP) is 3.79. The highest BCUT2D eigenvalue weighted by Gasteiger charge is 2.22. The SMILES string of the molecule is CNc1ncc2cc(-c3cc(F)cc(NS(=O)(=O)c4cc(Cl)cnc4OC)c3)c(NCCOC)nc2n1. The van der Waals surface area contributed by atoms with Gasteiger partial charge in [0.15, 0.2) is 10.5 Å². The first-order chi connectivity index (χ1) is 17.7. The molecule has 14 heteroatoms. The number of methoxy groups -OCH3 is 2. The van der Waals surface area contributed by atoms with E-state index in [0.717, 1.165) is 6.07 Å². The van der Waals surface area contributed by atoms with Crippen LogP contribution in [0.1, 0.15) is 0 Å². The summed E-state index contributed by atoms with van der Waals surface area (Å²) in [5, 5.41) is 6.72. The molecule has 0 fully saturated rings. The van der Waals surface area contributed by atoms with E-state index in [0.29, 0.717) is 47.1 Å². The molecule has 0 saturated carbocycles. The van der Waals surface area contributed by atoms with Crippen LogP contribution in [0.25, 0.3) is 22.2 Å². The number of fused-ring (bicyclic) bond motifs is 1. The van der Waals surface area contributed by atoms with Crippen LogP contribution < -0.4 is 20.1 Å². The van der Waals surface area contributed by atoms with Gasteiger partial charge in [0.2, 0.25) is 11.8 Å². The highest BCUT2D eigenvalue weighted by atomic mass is 35.5. The molecule has 0 unspecified atom stereocenters. The van der Waals surface area contributed by atoms with Crippen LogP contribution in [0.2, 0.25) is 5.02 Å². The Morgan fingerprint density at radius 2 is 1.86 bits per heavy atom.